The first-order chi connectivity index (χ1) is 13.9. The maximum atomic E-state index is 14.2. The third-order valence-corrected chi connectivity index (χ3v) is 4.80. The van der Waals surface area contributed by atoms with E-state index in [-0.39, 0.29) is 28.1 Å². The van der Waals surface area contributed by atoms with Crippen LogP contribution in [0, 0.1) is 11.6 Å². The van der Waals surface area contributed by atoms with Gasteiger partial charge in [-0.1, -0.05) is 5.16 Å². The fourth-order valence-corrected chi connectivity index (χ4v) is 3.38. The first kappa shape index (κ1) is 21.7. The van der Waals surface area contributed by atoms with Crippen molar-refractivity contribution in [1.82, 2.24) is 5.16 Å². The summed E-state index contributed by atoms with van der Waals surface area (Å²) in [5, 5.41) is 17.9. The lowest BCUT2D eigenvalue weighted by Gasteiger charge is -2.10. The molecule has 2 aromatic carbocycles. The lowest BCUT2D eigenvalue weighted by Crippen LogP contribution is -2.16. The molecule has 0 fully saturated rings. The number of aliphatic hydroxyl groups is 1. The maximum Gasteiger partial charge on any atom is 0.573 e. The average molecular weight is 450 g/mol. The molecule has 0 saturated heterocycles. The van der Waals surface area contributed by atoms with Crippen molar-refractivity contribution in [3.05, 3.63) is 53.8 Å². The lowest BCUT2D eigenvalue weighted by molar-refractivity contribution is -0.274. The molecule has 13 heteroatoms. The van der Waals surface area contributed by atoms with Crippen LogP contribution in [0.15, 0.2) is 45.8 Å². The molecule has 0 bridgehead atoms. The first-order valence-corrected chi connectivity index (χ1v) is 9.43. The molecule has 0 atom stereocenters. The van der Waals surface area contributed by atoms with Gasteiger partial charge in [0, 0.05) is 5.56 Å². The summed E-state index contributed by atoms with van der Waals surface area (Å²) in [4.78, 5) is -1.34. The smallest absolute Gasteiger partial charge is 0.406 e. The van der Waals surface area contributed by atoms with Gasteiger partial charge in [-0.2, -0.15) is 0 Å². The predicted octanol–water partition coefficient (Wildman–Crippen LogP) is 3.33. The number of aliphatic hydroxyl groups excluding tert-OH is 1. The Morgan fingerprint density at radius 2 is 1.63 bits per heavy atom. The number of alkyl halides is 3. The zero-order valence-corrected chi connectivity index (χ0v) is 15.4. The van der Waals surface area contributed by atoms with Crippen molar-refractivity contribution in [2.24, 2.45) is 5.14 Å². The van der Waals surface area contributed by atoms with E-state index in [0.717, 1.165) is 12.1 Å². The van der Waals surface area contributed by atoms with Crippen molar-refractivity contribution in [3.63, 3.8) is 0 Å². The SMILES string of the molecule is NS(=O)(=O)c1c(F)cc(-c2c(-c3ccc(OC(F)(F)F)cc3)noc2CO)cc1F. The molecule has 0 amide bonds. The van der Waals surface area contributed by atoms with Crippen molar-refractivity contribution in [3.8, 4) is 28.1 Å². The Hall–Kier alpha value is -3.03. The Morgan fingerprint density at radius 1 is 1.07 bits per heavy atom. The van der Waals surface area contributed by atoms with Crippen LogP contribution in [0.5, 0.6) is 5.75 Å². The largest absolute Gasteiger partial charge is 0.573 e. The van der Waals surface area contributed by atoms with E-state index in [1.165, 1.54) is 12.1 Å². The minimum absolute atomic E-state index is 0.0697. The Bertz CT molecular complexity index is 1170. The highest BCUT2D eigenvalue weighted by Crippen LogP contribution is 2.37. The van der Waals surface area contributed by atoms with Gasteiger partial charge in [0.25, 0.3) is 0 Å². The number of benzene rings is 2. The molecule has 1 heterocycles. The number of ether oxygens (including phenoxy) is 1. The van der Waals surface area contributed by atoms with Crippen molar-refractivity contribution in [2.75, 3.05) is 0 Å². The second-order valence-electron chi connectivity index (χ2n) is 5.87. The van der Waals surface area contributed by atoms with E-state index in [9.17, 15) is 35.5 Å². The molecular weight excluding hydrogens is 439 g/mol. The molecule has 3 N–H and O–H groups in total. The fourth-order valence-electron chi connectivity index (χ4n) is 2.72. The van der Waals surface area contributed by atoms with Crippen LogP contribution >= 0.6 is 0 Å². The number of nitrogens with two attached hydrogens (primary N) is 1. The van der Waals surface area contributed by atoms with Gasteiger partial charge < -0.3 is 14.4 Å². The van der Waals surface area contributed by atoms with E-state index in [1.807, 2.05) is 0 Å². The number of nitrogens with zero attached hydrogens (tertiary/aromatic N) is 1. The van der Waals surface area contributed by atoms with E-state index in [1.54, 1.807) is 0 Å². The quantitative estimate of drug-likeness (QED) is 0.577. The number of sulfonamides is 1. The Labute approximate surface area is 165 Å². The number of aromatic nitrogens is 1. The van der Waals surface area contributed by atoms with Gasteiger partial charge in [0.1, 0.15) is 29.7 Å². The zero-order valence-electron chi connectivity index (χ0n) is 14.6. The van der Waals surface area contributed by atoms with Crippen LogP contribution < -0.4 is 9.88 Å². The van der Waals surface area contributed by atoms with Crippen LogP contribution in [0.2, 0.25) is 0 Å². The molecule has 7 nitrogen and oxygen atoms in total. The molecule has 3 aromatic rings. The molecule has 0 aliphatic carbocycles. The molecule has 3 rings (SSSR count). The van der Waals surface area contributed by atoms with Crippen molar-refractivity contribution < 1.29 is 44.7 Å². The number of rotatable bonds is 5. The number of primary sulfonamides is 1. The summed E-state index contributed by atoms with van der Waals surface area (Å²) in [6, 6.07) is 5.61. The molecule has 0 spiro atoms. The van der Waals surface area contributed by atoms with Crippen molar-refractivity contribution >= 4 is 10.0 Å². The average Bonchev–Trinajstić information content (AvgIpc) is 3.03. The second kappa shape index (κ2) is 7.66. The van der Waals surface area contributed by atoms with Gasteiger partial charge in [-0.25, -0.2) is 22.3 Å². The standard InChI is InChI=1S/C17H11F5N2O5S/c18-11-5-9(6-12(19)16(11)30(23,26)27)14-13(7-25)29-24-15(14)8-1-3-10(4-2-8)28-17(20,21)22/h1-6,25H,7H2,(H2,23,26,27). The second-order valence-corrected chi connectivity index (χ2v) is 7.37. The van der Waals surface area contributed by atoms with E-state index in [0.29, 0.717) is 12.1 Å². The van der Waals surface area contributed by atoms with Crippen molar-refractivity contribution in [1.29, 1.82) is 0 Å². The maximum absolute atomic E-state index is 14.2. The Morgan fingerprint density at radius 3 is 2.10 bits per heavy atom. The minimum atomic E-state index is -4.90. The molecule has 30 heavy (non-hydrogen) atoms. The summed E-state index contributed by atoms with van der Waals surface area (Å²) >= 11 is 0. The highest BCUT2D eigenvalue weighted by molar-refractivity contribution is 7.89. The number of hydrogen-bond donors (Lipinski definition) is 2. The summed E-state index contributed by atoms with van der Waals surface area (Å²) in [6.07, 6.45) is -4.90. The molecular formula is C17H11F5N2O5S. The normalized spacial score (nSPS) is 12.2. The van der Waals surface area contributed by atoms with Crippen LogP contribution in [0.3, 0.4) is 0 Å². The fraction of sp³-hybridized carbons (Fsp3) is 0.118. The van der Waals surface area contributed by atoms with Gasteiger partial charge in [0.2, 0.25) is 10.0 Å². The number of halogens is 5. The third-order valence-electron chi connectivity index (χ3n) is 3.84. The van der Waals surface area contributed by atoms with Crippen LogP contribution in [-0.2, 0) is 16.6 Å². The molecule has 1 aromatic heterocycles. The topological polar surface area (TPSA) is 116 Å². The monoisotopic (exact) mass is 450 g/mol. The highest BCUT2D eigenvalue weighted by Gasteiger charge is 2.31. The van der Waals surface area contributed by atoms with Gasteiger partial charge in [0.05, 0.1) is 5.56 Å². The van der Waals surface area contributed by atoms with Crippen molar-refractivity contribution in [2.45, 2.75) is 17.9 Å². The van der Waals surface area contributed by atoms with E-state index < -0.39 is 45.3 Å². The van der Waals surface area contributed by atoms with E-state index in [4.69, 9.17) is 9.66 Å². The summed E-state index contributed by atoms with van der Waals surface area (Å²) in [6.45, 7) is -0.738. The Balaban J connectivity index is 2.11. The summed E-state index contributed by atoms with van der Waals surface area (Å²) in [7, 11) is -4.69. The molecule has 0 unspecified atom stereocenters. The molecule has 0 aliphatic heterocycles. The van der Waals surface area contributed by atoms with Crippen LogP contribution in [-0.4, -0.2) is 25.0 Å². The highest BCUT2D eigenvalue weighted by atomic mass is 32.2. The predicted molar refractivity (Wildman–Crippen MR) is 91.3 cm³/mol. The third kappa shape index (κ3) is 4.42. The Kier molecular flexibility index (Phi) is 5.54. The lowest BCUT2D eigenvalue weighted by atomic mass is 9.99. The zero-order chi connectivity index (χ0) is 22.3. The summed E-state index contributed by atoms with van der Waals surface area (Å²) in [5.41, 5.74) is -0.242. The first-order valence-electron chi connectivity index (χ1n) is 7.88. The molecule has 0 aliphatic rings. The minimum Gasteiger partial charge on any atom is -0.406 e. The molecule has 160 valence electrons. The molecule has 0 saturated carbocycles. The van der Waals surface area contributed by atoms with Gasteiger partial charge >= 0.3 is 6.36 Å². The molecule has 0 radical (unpaired) electrons. The van der Waals surface area contributed by atoms with Crippen LogP contribution in [0.4, 0.5) is 22.0 Å². The summed E-state index contributed by atoms with van der Waals surface area (Å²) < 4.78 is 96.8. The van der Waals surface area contributed by atoms with Crippen LogP contribution in [0.1, 0.15) is 5.76 Å². The van der Waals surface area contributed by atoms with E-state index in [2.05, 4.69) is 9.89 Å². The number of hydrogen-bond acceptors (Lipinski definition) is 6. The van der Waals surface area contributed by atoms with Crippen LogP contribution in [0.25, 0.3) is 22.4 Å². The van der Waals surface area contributed by atoms with Gasteiger partial charge in [-0.15, -0.1) is 13.2 Å². The van der Waals surface area contributed by atoms with Gasteiger partial charge in [0.15, 0.2) is 10.7 Å². The van der Waals surface area contributed by atoms with E-state index >= 15 is 0 Å². The van der Waals surface area contributed by atoms with Gasteiger partial charge in [-0.3, -0.25) is 0 Å². The summed E-state index contributed by atoms with van der Waals surface area (Å²) in [5.74, 6) is -3.72. The van der Waals surface area contributed by atoms with Gasteiger partial charge in [-0.05, 0) is 42.0 Å².